The standard InChI is InChI=1S/C22H22N4O/c27-22-21(14-17-6-2-4-8-20(17)24-22)26-11-9-25(10-12-26)15-18-13-16-5-1-3-7-19(16)23-18/h1-8,13-14,23H,9-12,15H2,(H,24,27). The van der Waals surface area contributed by atoms with Crippen molar-refractivity contribution in [2.24, 2.45) is 0 Å². The van der Waals surface area contributed by atoms with E-state index >= 15 is 0 Å². The number of para-hydroxylation sites is 2. The first kappa shape index (κ1) is 16.1. The molecule has 27 heavy (non-hydrogen) atoms. The Balaban J connectivity index is 1.30. The monoisotopic (exact) mass is 358 g/mol. The lowest BCUT2D eigenvalue weighted by Crippen LogP contribution is -2.47. The maximum Gasteiger partial charge on any atom is 0.271 e. The Morgan fingerprint density at radius 2 is 1.41 bits per heavy atom. The topological polar surface area (TPSA) is 55.1 Å². The van der Waals surface area contributed by atoms with Crippen molar-refractivity contribution >= 4 is 27.5 Å². The van der Waals surface area contributed by atoms with Crippen LogP contribution in [0.25, 0.3) is 21.8 Å². The molecule has 0 amide bonds. The molecule has 0 unspecified atom stereocenters. The van der Waals surface area contributed by atoms with Gasteiger partial charge >= 0.3 is 0 Å². The minimum atomic E-state index is -0.00207. The molecule has 0 radical (unpaired) electrons. The molecule has 5 rings (SSSR count). The largest absolute Gasteiger partial charge is 0.365 e. The van der Waals surface area contributed by atoms with Gasteiger partial charge < -0.3 is 14.9 Å². The first-order valence-electron chi connectivity index (χ1n) is 9.42. The van der Waals surface area contributed by atoms with Crippen molar-refractivity contribution in [1.82, 2.24) is 14.9 Å². The molecule has 0 aliphatic carbocycles. The van der Waals surface area contributed by atoms with Gasteiger partial charge in [-0.25, -0.2) is 0 Å². The number of benzene rings is 2. The normalized spacial score (nSPS) is 15.6. The van der Waals surface area contributed by atoms with Gasteiger partial charge in [-0.1, -0.05) is 36.4 Å². The van der Waals surface area contributed by atoms with Gasteiger partial charge in [-0.05, 0) is 29.7 Å². The SMILES string of the molecule is O=c1[nH]c2ccccc2cc1N1CCN(Cc2cc3ccccc3[nH]2)CC1. The van der Waals surface area contributed by atoms with Crippen molar-refractivity contribution in [3.05, 3.63) is 76.7 Å². The molecule has 1 aliphatic heterocycles. The second-order valence-corrected chi connectivity index (χ2v) is 7.22. The van der Waals surface area contributed by atoms with Crippen LogP contribution >= 0.6 is 0 Å². The lowest BCUT2D eigenvalue weighted by Gasteiger charge is -2.35. The van der Waals surface area contributed by atoms with E-state index in [1.807, 2.05) is 30.3 Å². The van der Waals surface area contributed by atoms with Gasteiger partial charge in [0.25, 0.3) is 5.56 Å². The summed E-state index contributed by atoms with van der Waals surface area (Å²) in [5.74, 6) is 0. The number of anilines is 1. The molecule has 3 heterocycles. The molecule has 2 N–H and O–H groups in total. The minimum Gasteiger partial charge on any atom is -0.365 e. The second-order valence-electron chi connectivity index (χ2n) is 7.22. The van der Waals surface area contributed by atoms with E-state index in [2.05, 4.69) is 50.1 Å². The Morgan fingerprint density at radius 1 is 0.778 bits per heavy atom. The highest BCUT2D eigenvalue weighted by Gasteiger charge is 2.20. The van der Waals surface area contributed by atoms with Crippen LogP contribution < -0.4 is 10.5 Å². The van der Waals surface area contributed by atoms with E-state index in [1.54, 1.807) is 0 Å². The van der Waals surface area contributed by atoms with E-state index in [9.17, 15) is 4.79 Å². The summed E-state index contributed by atoms with van der Waals surface area (Å²) in [6, 6.07) is 20.6. The maximum absolute atomic E-state index is 12.5. The van der Waals surface area contributed by atoms with Crippen LogP contribution in [0, 0.1) is 0 Å². The van der Waals surface area contributed by atoms with E-state index in [-0.39, 0.29) is 5.56 Å². The molecule has 136 valence electrons. The average molecular weight is 358 g/mol. The van der Waals surface area contributed by atoms with E-state index in [0.29, 0.717) is 0 Å². The molecule has 0 atom stereocenters. The summed E-state index contributed by atoms with van der Waals surface area (Å²) >= 11 is 0. The van der Waals surface area contributed by atoms with Crippen molar-refractivity contribution in [2.75, 3.05) is 31.1 Å². The second kappa shape index (κ2) is 6.59. The molecular formula is C22H22N4O. The average Bonchev–Trinajstić information content (AvgIpc) is 3.10. The van der Waals surface area contributed by atoms with E-state index in [1.165, 1.54) is 16.6 Å². The molecule has 5 nitrogen and oxygen atoms in total. The summed E-state index contributed by atoms with van der Waals surface area (Å²) in [5.41, 5.74) is 4.10. The number of nitrogens with one attached hydrogen (secondary N) is 2. The summed E-state index contributed by atoms with van der Waals surface area (Å²) in [5, 5.41) is 2.33. The zero-order valence-electron chi connectivity index (χ0n) is 15.1. The molecule has 2 aromatic heterocycles. The van der Waals surface area contributed by atoms with Crippen LogP contribution in [0.15, 0.2) is 65.5 Å². The number of aromatic amines is 2. The lowest BCUT2D eigenvalue weighted by molar-refractivity contribution is 0.247. The highest BCUT2D eigenvalue weighted by molar-refractivity contribution is 5.82. The lowest BCUT2D eigenvalue weighted by atomic mass is 10.2. The third-order valence-electron chi connectivity index (χ3n) is 5.43. The van der Waals surface area contributed by atoms with Gasteiger partial charge in [0.05, 0.1) is 0 Å². The van der Waals surface area contributed by atoms with Crippen molar-refractivity contribution in [3.63, 3.8) is 0 Å². The summed E-state index contributed by atoms with van der Waals surface area (Å²) < 4.78 is 0. The fraction of sp³-hybridized carbons (Fsp3) is 0.227. The molecule has 0 bridgehead atoms. The third kappa shape index (κ3) is 3.11. The van der Waals surface area contributed by atoms with Crippen LogP contribution in [-0.4, -0.2) is 41.0 Å². The Kier molecular flexibility index (Phi) is 3.94. The van der Waals surface area contributed by atoms with Crippen molar-refractivity contribution in [2.45, 2.75) is 6.54 Å². The quantitative estimate of drug-likeness (QED) is 0.591. The predicted molar refractivity (Wildman–Crippen MR) is 110 cm³/mol. The number of fused-ring (bicyclic) bond motifs is 2. The van der Waals surface area contributed by atoms with Crippen LogP contribution in [0.2, 0.25) is 0 Å². The van der Waals surface area contributed by atoms with Crippen molar-refractivity contribution < 1.29 is 0 Å². The van der Waals surface area contributed by atoms with E-state index in [4.69, 9.17) is 0 Å². The van der Waals surface area contributed by atoms with Crippen LogP contribution in [0.3, 0.4) is 0 Å². The third-order valence-corrected chi connectivity index (χ3v) is 5.43. The molecule has 1 aliphatic rings. The van der Waals surface area contributed by atoms with Crippen LogP contribution in [0.5, 0.6) is 0 Å². The molecule has 4 aromatic rings. The summed E-state index contributed by atoms with van der Waals surface area (Å²) in [6.45, 7) is 4.53. The number of piperazine rings is 1. The highest BCUT2D eigenvalue weighted by atomic mass is 16.1. The number of hydrogen-bond donors (Lipinski definition) is 2. The number of rotatable bonds is 3. The number of hydrogen-bond acceptors (Lipinski definition) is 3. The molecule has 1 saturated heterocycles. The Hall–Kier alpha value is -3.05. The van der Waals surface area contributed by atoms with E-state index < -0.39 is 0 Å². The Bertz CT molecular complexity index is 1120. The molecule has 0 spiro atoms. The molecule has 5 heteroatoms. The van der Waals surface area contributed by atoms with Gasteiger partial charge in [-0.2, -0.15) is 0 Å². The molecule has 0 saturated carbocycles. The zero-order valence-corrected chi connectivity index (χ0v) is 15.1. The predicted octanol–water partition coefficient (Wildman–Crippen LogP) is 3.33. The van der Waals surface area contributed by atoms with Crippen LogP contribution in [0.1, 0.15) is 5.69 Å². The van der Waals surface area contributed by atoms with Crippen LogP contribution in [-0.2, 0) is 6.54 Å². The Labute approximate surface area is 157 Å². The number of nitrogens with zero attached hydrogens (tertiary/aromatic N) is 2. The van der Waals surface area contributed by atoms with Gasteiger partial charge in [0, 0.05) is 54.8 Å². The van der Waals surface area contributed by atoms with Gasteiger partial charge in [-0.3, -0.25) is 9.69 Å². The first-order chi connectivity index (χ1) is 13.3. The van der Waals surface area contributed by atoms with E-state index in [0.717, 1.165) is 49.3 Å². The van der Waals surface area contributed by atoms with Crippen LogP contribution in [0.4, 0.5) is 5.69 Å². The Morgan fingerprint density at radius 3 is 2.11 bits per heavy atom. The van der Waals surface area contributed by atoms with Crippen molar-refractivity contribution in [1.29, 1.82) is 0 Å². The first-order valence-corrected chi connectivity index (χ1v) is 9.42. The van der Waals surface area contributed by atoms with Gasteiger partial charge in [0.15, 0.2) is 0 Å². The minimum absolute atomic E-state index is 0.00207. The smallest absolute Gasteiger partial charge is 0.271 e. The summed E-state index contributed by atoms with van der Waals surface area (Å²) in [6.07, 6.45) is 0. The van der Waals surface area contributed by atoms with Gasteiger partial charge in [0.1, 0.15) is 5.69 Å². The zero-order chi connectivity index (χ0) is 18.2. The highest BCUT2D eigenvalue weighted by Crippen LogP contribution is 2.20. The van der Waals surface area contributed by atoms with Gasteiger partial charge in [0.2, 0.25) is 0 Å². The fourth-order valence-electron chi connectivity index (χ4n) is 3.98. The molecule has 2 aromatic carbocycles. The number of pyridine rings is 1. The maximum atomic E-state index is 12.5. The molecular weight excluding hydrogens is 336 g/mol. The molecule has 1 fully saturated rings. The fourth-order valence-corrected chi connectivity index (χ4v) is 3.98. The summed E-state index contributed by atoms with van der Waals surface area (Å²) in [4.78, 5) is 23.6. The number of H-pyrrole nitrogens is 2. The van der Waals surface area contributed by atoms with Crippen molar-refractivity contribution in [3.8, 4) is 0 Å². The number of aromatic nitrogens is 2. The van der Waals surface area contributed by atoms with Gasteiger partial charge in [-0.15, -0.1) is 0 Å². The summed E-state index contributed by atoms with van der Waals surface area (Å²) in [7, 11) is 0.